The zero-order valence-corrected chi connectivity index (χ0v) is 16.2. The summed E-state index contributed by atoms with van der Waals surface area (Å²) in [6.07, 6.45) is 0.810. The minimum Gasteiger partial charge on any atom is -0.325 e. The zero-order valence-electron chi connectivity index (χ0n) is 16.2. The fraction of sp³-hybridized carbons (Fsp3) is 0.364. The van der Waals surface area contributed by atoms with Crippen LogP contribution < -0.4 is 10.6 Å². The van der Waals surface area contributed by atoms with Crippen LogP contribution in [0.1, 0.15) is 51.7 Å². The molecule has 0 heterocycles. The van der Waals surface area contributed by atoms with E-state index in [0.717, 1.165) is 28.9 Å². The number of hydrogen-bond acceptors (Lipinski definition) is 2. The van der Waals surface area contributed by atoms with E-state index in [1.165, 1.54) is 0 Å². The van der Waals surface area contributed by atoms with Crippen LogP contribution in [0.4, 0.5) is 11.4 Å². The molecule has 2 rings (SSSR count). The third kappa shape index (κ3) is 4.31. The number of anilines is 2. The van der Waals surface area contributed by atoms with E-state index in [9.17, 15) is 9.59 Å². The van der Waals surface area contributed by atoms with Gasteiger partial charge in [-0.2, -0.15) is 0 Å². The van der Waals surface area contributed by atoms with E-state index in [1.807, 2.05) is 55.5 Å². The predicted molar refractivity (Wildman–Crippen MR) is 107 cm³/mol. The van der Waals surface area contributed by atoms with Crippen molar-refractivity contribution in [3.63, 3.8) is 0 Å². The second-order valence-corrected chi connectivity index (χ2v) is 7.29. The highest BCUT2D eigenvalue weighted by atomic mass is 16.2. The summed E-state index contributed by atoms with van der Waals surface area (Å²) in [5.74, 6) is -0.366. The van der Waals surface area contributed by atoms with Gasteiger partial charge in [-0.05, 0) is 49.4 Å². The van der Waals surface area contributed by atoms with Gasteiger partial charge < -0.3 is 10.6 Å². The van der Waals surface area contributed by atoms with Gasteiger partial charge in [0.2, 0.25) is 11.8 Å². The molecule has 0 spiro atoms. The molecule has 2 aromatic rings. The Morgan fingerprint density at radius 2 is 1.38 bits per heavy atom. The van der Waals surface area contributed by atoms with Gasteiger partial charge in [-0.25, -0.2) is 0 Å². The number of benzene rings is 2. The van der Waals surface area contributed by atoms with Crippen LogP contribution in [0.15, 0.2) is 48.5 Å². The van der Waals surface area contributed by atoms with Crippen LogP contribution in [0.25, 0.3) is 0 Å². The lowest BCUT2D eigenvalue weighted by Crippen LogP contribution is -2.42. The average molecular weight is 352 g/mol. The summed E-state index contributed by atoms with van der Waals surface area (Å²) in [6, 6.07) is 15.3. The molecule has 0 aromatic heterocycles. The molecule has 26 heavy (non-hydrogen) atoms. The standard InChI is InChI=1S/C22H28N2O2/c1-6-16-11-7-9-13-18(16)23-20(25)22(4,5)21(26)24-19-14-10-8-12-17(19)15(2)3/h7-15H,6H2,1-5H3,(H,23,25)(H,24,26). The highest BCUT2D eigenvalue weighted by Crippen LogP contribution is 2.27. The van der Waals surface area contributed by atoms with Gasteiger partial charge in [0.05, 0.1) is 0 Å². The third-order valence-electron chi connectivity index (χ3n) is 4.61. The molecule has 0 unspecified atom stereocenters. The molecular weight excluding hydrogens is 324 g/mol. The summed E-state index contributed by atoms with van der Waals surface area (Å²) >= 11 is 0. The Hall–Kier alpha value is -2.62. The van der Waals surface area contributed by atoms with Crippen molar-refractivity contribution in [2.75, 3.05) is 10.6 Å². The first-order valence-electron chi connectivity index (χ1n) is 9.07. The Bertz CT molecular complexity index is 794. The summed E-state index contributed by atoms with van der Waals surface area (Å²) in [6.45, 7) is 9.47. The van der Waals surface area contributed by atoms with Crippen LogP contribution >= 0.6 is 0 Å². The molecule has 0 atom stereocenters. The monoisotopic (exact) mass is 352 g/mol. The Balaban J connectivity index is 2.18. The van der Waals surface area contributed by atoms with Crippen LogP contribution in [0.2, 0.25) is 0 Å². The SMILES string of the molecule is CCc1ccccc1NC(=O)C(C)(C)C(=O)Nc1ccccc1C(C)C. The van der Waals surface area contributed by atoms with Gasteiger partial charge in [-0.1, -0.05) is 57.2 Å². The van der Waals surface area contributed by atoms with Crippen molar-refractivity contribution in [1.82, 2.24) is 0 Å². The molecule has 4 heteroatoms. The predicted octanol–water partition coefficient (Wildman–Crippen LogP) is 4.98. The van der Waals surface area contributed by atoms with Crippen molar-refractivity contribution >= 4 is 23.2 Å². The summed E-state index contributed by atoms with van der Waals surface area (Å²) in [5.41, 5.74) is 2.40. The van der Waals surface area contributed by atoms with Crippen molar-refractivity contribution in [3.05, 3.63) is 59.7 Å². The Kier molecular flexibility index (Phi) is 6.19. The van der Waals surface area contributed by atoms with Crippen molar-refractivity contribution in [3.8, 4) is 0 Å². The van der Waals surface area contributed by atoms with E-state index in [4.69, 9.17) is 0 Å². The molecule has 0 radical (unpaired) electrons. The Morgan fingerprint density at radius 1 is 0.885 bits per heavy atom. The van der Waals surface area contributed by atoms with Crippen LogP contribution in [-0.2, 0) is 16.0 Å². The lowest BCUT2D eigenvalue weighted by molar-refractivity contribution is -0.135. The Morgan fingerprint density at radius 3 is 1.96 bits per heavy atom. The molecule has 2 aromatic carbocycles. The molecule has 0 aliphatic heterocycles. The smallest absolute Gasteiger partial charge is 0.239 e. The molecule has 0 saturated heterocycles. The first-order valence-corrected chi connectivity index (χ1v) is 9.07. The lowest BCUT2D eigenvalue weighted by atomic mass is 9.90. The highest BCUT2D eigenvalue weighted by Gasteiger charge is 2.36. The van der Waals surface area contributed by atoms with Crippen molar-refractivity contribution in [2.45, 2.75) is 47.0 Å². The molecule has 4 nitrogen and oxygen atoms in total. The van der Waals surface area contributed by atoms with Gasteiger partial charge in [0.15, 0.2) is 0 Å². The quantitative estimate of drug-likeness (QED) is 0.721. The van der Waals surface area contributed by atoms with E-state index in [1.54, 1.807) is 13.8 Å². The second kappa shape index (κ2) is 8.17. The first-order chi connectivity index (χ1) is 12.3. The number of carbonyl (C=O) groups is 2. The molecule has 0 aliphatic rings. The number of amides is 2. The lowest BCUT2D eigenvalue weighted by Gasteiger charge is -2.24. The minimum absolute atomic E-state index is 0.278. The Labute approximate surface area is 156 Å². The summed E-state index contributed by atoms with van der Waals surface area (Å²) in [4.78, 5) is 25.6. The number of carbonyl (C=O) groups excluding carboxylic acids is 2. The number of hydrogen-bond donors (Lipinski definition) is 2. The van der Waals surface area contributed by atoms with Gasteiger partial charge in [-0.3, -0.25) is 9.59 Å². The molecule has 0 fully saturated rings. The van der Waals surface area contributed by atoms with E-state index in [-0.39, 0.29) is 17.7 Å². The van der Waals surface area contributed by atoms with Gasteiger partial charge >= 0.3 is 0 Å². The minimum atomic E-state index is -1.20. The molecule has 0 aliphatic carbocycles. The van der Waals surface area contributed by atoms with E-state index >= 15 is 0 Å². The summed E-state index contributed by atoms with van der Waals surface area (Å²) in [7, 11) is 0. The maximum atomic E-state index is 12.8. The van der Waals surface area contributed by atoms with Crippen LogP contribution in [-0.4, -0.2) is 11.8 Å². The van der Waals surface area contributed by atoms with E-state index in [0.29, 0.717) is 0 Å². The molecule has 0 bridgehead atoms. The topological polar surface area (TPSA) is 58.2 Å². The summed E-state index contributed by atoms with van der Waals surface area (Å²) < 4.78 is 0. The largest absolute Gasteiger partial charge is 0.325 e. The van der Waals surface area contributed by atoms with Crippen LogP contribution in [0, 0.1) is 5.41 Å². The number of rotatable bonds is 6. The van der Waals surface area contributed by atoms with Crippen LogP contribution in [0.5, 0.6) is 0 Å². The third-order valence-corrected chi connectivity index (χ3v) is 4.61. The highest BCUT2D eigenvalue weighted by molar-refractivity contribution is 6.14. The second-order valence-electron chi connectivity index (χ2n) is 7.29. The van der Waals surface area contributed by atoms with Crippen molar-refractivity contribution in [2.24, 2.45) is 5.41 Å². The molecule has 0 saturated carbocycles. The molecule has 2 amide bonds. The summed E-state index contributed by atoms with van der Waals surface area (Å²) in [5, 5.41) is 5.83. The van der Waals surface area contributed by atoms with Gasteiger partial charge in [0, 0.05) is 11.4 Å². The van der Waals surface area contributed by atoms with Crippen molar-refractivity contribution in [1.29, 1.82) is 0 Å². The van der Waals surface area contributed by atoms with Gasteiger partial charge in [0.25, 0.3) is 0 Å². The fourth-order valence-electron chi connectivity index (χ4n) is 2.73. The normalized spacial score (nSPS) is 11.3. The van der Waals surface area contributed by atoms with Crippen molar-refractivity contribution < 1.29 is 9.59 Å². The first kappa shape index (κ1) is 19.7. The maximum Gasteiger partial charge on any atom is 0.239 e. The number of nitrogens with one attached hydrogen (secondary N) is 2. The average Bonchev–Trinajstić information content (AvgIpc) is 2.62. The fourth-order valence-corrected chi connectivity index (χ4v) is 2.73. The number of para-hydroxylation sites is 2. The molecule has 138 valence electrons. The van der Waals surface area contributed by atoms with Gasteiger partial charge in [0.1, 0.15) is 5.41 Å². The van der Waals surface area contributed by atoms with E-state index < -0.39 is 5.41 Å². The number of aryl methyl sites for hydroxylation is 1. The molecule has 2 N–H and O–H groups in total. The van der Waals surface area contributed by atoms with Crippen LogP contribution in [0.3, 0.4) is 0 Å². The maximum absolute atomic E-state index is 12.8. The van der Waals surface area contributed by atoms with E-state index in [2.05, 4.69) is 24.5 Å². The van der Waals surface area contributed by atoms with Gasteiger partial charge in [-0.15, -0.1) is 0 Å². The zero-order chi connectivity index (χ0) is 19.3. The molecular formula is C22H28N2O2.